The Morgan fingerprint density at radius 1 is 1.14 bits per heavy atom. The van der Waals surface area contributed by atoms with Crippen LogP contribution in [-0.4, -0.2) is 24.0 Å². The Hall–Kier alpha value is -2.33. The van der Waals surface area contributed by atoms with Crippen LogP contribution < -0.4 is 11.1 Å². The van der Waals surface area contributed by atoms with Gasteiger partial charge in [-0.1, -0.05) is 42.5 Å². The summed E-state index contributed by atoms with van der Waals surface area (Å²) in [5.41, 5.74) is 8.76. The number of urea groups is 1. The van der Waals surface area contributed by atoms with Crippen molar-refractivity contribution in [2.75, 3.05) is 18.4 Å². The molecule has 1 fully saturated rings. The highest BCUT2D eigenvalue weighted by Gasteiger charge is 2.27. The van der Waals surface area contributed by atoms with Crippen molar-refractivity contribution in [3.8, 4) is 0 Å². The van der Waals surface area contributed by atoms with Crippen LogP contribution in [-0.2, 0) is 6.54 Å². The highest BCUT2D eigenvalue weighted by molar-refractivity contribution is 5.89. The van der Waals surface area contributed by atoms with Crippen molar-refractivity contribution in [2.24, 2.45) is 5.73 Å². The zero-order chi connectivity index (χ0) is 15.4. The number of carbonyl (C=O) groups is 1. The van der Waals surface area contributed by atoms with Crippen molar-refractivity contribution in [3.05, 3.63) is 65.7 Å². The fourth-order valence-corrected chi connectivity index (χ4v) is 2.87. The van der Waals surface area contributed by atoms with E-state index in [1.54, 1.807) is 0 Å². The number of nitrogens with two attached hydrogens (primary N) is 1. The van der Waals surface area contributed by atoms with E-state index in [9.17, 15) is 4.79 Å². The molecular formula is C18H21N3O. The van der Waals surface area contributed by atoms with Crippen LogP contribution in [0.25, 0.3) is 0 Å². The minimum absolute atomic E-state index is 0.0288. The van der Waals surface area contributed by atoms with E-state index in [2.05, 4.69) is 29.6 Å². The van der Waals surface area contributed by atoms with Gasteiger partial charge in [-0.05, 0) is 29.7 Å². The minimum atomic E-state index is -0.0288. The van der Waals surface area contributed by atoms with E-state index >= 15 is 0 Å². The van der Waals surface area contributed by atoms with Crippen molar-refractivity contribution < 1.29 is 4.79 Å². The fourth-order valence-electron chi connectivity index (χ4n) is 2.87. The van der Waals surface area contributed by atoms with Crippen LogP contribution >= 0.6 is 0 Å². The third kappa shape index (κ3) is 3.28. The van der Waals surface area contributed by atoms with Gasteiger partial charge >= 0.3 is 6.03 Å². The lowest BCUT2D eigenvalue weighted by atomic mass is 9.99. The molecule has 3 N–H and O–H groups in total. The number of nitrogens with zero attached hydrogens (tertiary/aromatic N) is 1. The molecule has 22 heavy (non-hydrogen) atoms. The van der Waals surface area contributed by atoms with Crippen LogP contribution in [0, 0.1) is 0 Å². The zero-order valence-corrected chi connectivity index (χ0v) is 12.5. The number of anilines is 1. The Morgan fingerprint density at radius 3 is 2.55 bits per heavy atom. The second-order valence-corrected chi connectivity index (χ2v) is 5.67. The number of likely N-dealkylation sites (tertiary alicyclic amines) is 1. The third-order valence-electron chi connectivity index (χ3n) is 4.19. The Balaban J connectivity index is 1.59. The van der Waals surface area contributed by atoms with E-state index < -0.39 is 0 Å². The summed E-state index contributed by atoms with van der Waals surface area (Å²) in [6, 6.07) is 18.0. The number of hydrogen-bond donors (Lipinski definition) is 2. The predicted octanol–water partition coefficient (Wildman–Crippen LogP) is 3.17. The first kappa shape index (κ1) is 14.6. The van der Waals surface area contributed by atoms with Gasteiger partial charge in [-0.2, -0.15) is 0 Å². The first-order valence-corrected chi connectivity index (χ1v) is 7.66. The van der Waals surface area contributed by atoms with Gasteiger partial charge in [0.2, 0.25) is 0 Å². The van der Waals surface area contributed by atoms with Gasteiger partial charge in [0.1, 0.15) is 0 Å². The van der Waals surface area contributed by atoms with Gasteiger partial charge in [-0.25, -0.2) is 4.79 Å². The van der Waals surface area contributed by atoms with Crippen LogP contribution in [0.2, 0.25) is 0 Å². The third-order valence-corrected chi connectivity index (χ3v) is 4.19. The largest absolute Gasteiger partial charge is 0.326 e. The molecule has 2 amide bonds. The number of carbonyl (C=O) groups excluding carboxylic acids is 1. The van der Waals surface area contributed by atoms with Gasteiger partial charge in [0, 0.05) is 31.2 Å². The summed E-state index contributed by atoms with van der Waals surface area (Å²) in [4.78, 5) is 14.2. The molecule has 1 heterocycles. The number of benzene rings is 2. The lowest BCUT2D eigenvalue weighted by Gasteiger charge is -2.17. The average Bonchev–Trinajstić information content (AvgIpc) is 3.06. The van der Waals surface area contributed by atoms with Crippen molar-refractivity contribution >= 4 is 11.7 Å². The van der Waals surface area contributed by atoms with Crippen molar-refractivity contribution in [1.29, 1.82) is 0 Å². The molecular weight excluding hydrogens is 274 g/mol. The van der Waals surface area contributed by atoms with Crippen LogP contribution in [0.15, 0.2) is 54.6 Å². The molecule has 4 nitrogen and oxygen atoms in total. The van der Waals surface area contributed by atoms with Gasteiger partial charge in [0.15, 0.2) is 0 Å². The molecule has 4 heteroatoms. The standard InChI is InChI=1S/C18H21N3O/c19-12-14-6-8-17(9-7-14)20-18(22)21-11-10-16(13-21)15-4-2-1-3-5-15/h1-9,16H,10-13,19H2,(H,20,22). The summed E-state index contributed by atoms with van der Waals surface area (Å²) in [5.74, 6) is 0.437. The summed E-state index contributed by atoms with van der Waals surface area (Å²) in [6.45, 7) is 2.09. The highest BCUT2D eigenvalue weighted by atomic mass is 16.2. The first-order valence-electron chi connectivity index (χ1n) is 7.66. The maximum Gasteiger partial charge on any atom is 0.321 e. The van der Waals surface area contributed by atoms with Crippen LogP contribution in [0.3, 0.4) is 0 Å². The molecule has 0 spiro atoms. The Morgan fingerprint density at radius 2 is 1.86 bits per heavy atom. The lowest BCUT2D eigenvalue weighted by molar-refractivity contribution is 0.222. The van der Waals surface area contributed by atoms with Crippen molar-refractivity contribution in [2.45, 2.75) is 18.9 Å². The molecule has 0 aromatic heterocycles. The maximum absolute atomic E-state index is 12.3. The summed E-state index contributed by atoms with van der Waals surface area (Å²) >= 11 is 0. The van der Waals surface area contributed by atoms with Crippen molar-refractivity contribution in [1.82, 2.24) is 4.90 Å². The van der Waals surface area contributed by atoms with Gasteiger partial charge in [-0.3, -0.25) is 0 Å². The van der Waals surface area contributed by atoms with Gasteiger partial charge in [0.25, 0.3) is 0 Å². The van der Waals surface area contributed by atoms with E-state index in [-0.39, 0.29) is 6.03 Å². The average molecular weight is 295 g/mol. The van der Waals surface area contributed by atoms with E-state index in [0.29, 0.717) is 12.5 Å². The van der Waals surface area contributed by atoms with Crippen LogP contribution in [0.1, 0.15) is 23.5 Å². The van der Waals surface area contributed by atoms with Crippen LogP contribution in [0.5, 0.6) is 0 Å². The number of nitrogens with one attached hydrogen (secondary N) is 1. The highest BCUT2D eigenvalue weighted by Crippen LogP contribution is 2.27. The monoisotopic (exact) mass is 295 g/mol. The molecule has 114 valence electrons. The molecule has 0 aliphatic carbocycles. The summed E-state index contributed by atoms with van der Waals surface area (Å²) in [6.07, 6.45) is 1.02. The topological polar surface area (TPSA) is 58.4 Å². The number of hydrogen-bond acceptors (Lipinski definition) is 2. The molecule has 1 unspecified atom stereocenters. The second-order valence-electron chi connectivity index (χ2n) is 5.67. The Bertz CT molecular complexity index is 625. The molecule has 0 saturated carbocycles. The number of rotatable bonds is 3. The van der Waals surface area contributed by atoms with E-state index in [1.165, 1.54) is 5.56 Å². The molecule has 1 atom stereocenters. The maximum atomic E-state index is 12.3. The van der Waals surface area contributed by atoms with Crippen LogP contribution in [0.4, 0.5) is 10.5 Å². The molecule has 0 radical (unpaired) electrons. The Kier molecular flexibility index (Phi) is 4.39. The minimum Gasteiger partial charge on any atom is -0.326 e. The fraction of sp³-hybridized carbons (Fsp3) is 0.278. The molecule has 2 aromatic rings. The predicted molar refractivity (Wildman–Crippen MR) is 88.7 cm³/mol. The SMILES string of the molecule is NCc1ccc(NC(=O)N2CCC(c3ccccc3)C2)cc1. The molecule has 2 aromatic carbocycles. The summed E-state index contributed by atoms with van der Waals surface area (Å²) < 4.78 is 0. The molecule has 3 rings (SSSR count). The first-order chi connectivity index (χ1) is 10.8. The lowest BCUT2D eigenvalue weighted by Crippen LogP contribution is -2.32. The van der Waals surface area contributed by atoms with Gasteiger partial charge in [0.05, 0.1) is 0 Å². The quantitative estimate of drug-likeness (QED) is 0.913. The summed E-state index contributed by atoms with van der Waals surface area (Å²) in [5, 5.41) is 2.95. The molecule has 1 aliphatic rings. The number of amides is 2. The smallest absolute Gasteiger partial charge is 0.321 e. The normalized spacial score (nSPS) is 17.5. The van der Waals surface area contributed by atoms with E-state index in [0.717, 1.165) is 30.8 Å². The molecule has 1 aliphatic heterocycles. The molecule has 0 bridgehead atoms. The van der Waals surface area contributed by atoms with E-state index in [4.69, 9.17) is 5.73 Å². The van der Waals surface area contributed by atoms with Gasteiger partial charge < -0.3 is 16.0 Å². The summed E-state index contributed by atoms with van der Waals surface area (Å²) in [7, 11) is 0. The van der Waals surface area contributed by atoms with E-state index in [1.807, 2.05) is 35.2 Å². The van der Waals surface area contributed by atoms with Crippen molar-refractivity contribution in [3.63, 3.8) is 0 Å². The second kappa shape index (κ2) is 6.62. The molecule has 1 saturated heterocycles. The Labute approximate surface area is 130 Å². The zero-order valence-electron chi connectivity index (χ0n) is 12.5. The van der Waals surface area contributed by atoms with Gasteiger partial charge in [-0.15, -0.1) is 0 Å².